The molecule has 3 nitrogen and oxygen atoms in total. The summed E-state index contributed by atoms with van der Waals surface area (Å²) in [4.78, 5) is 12.8. The van der Waals surface area contributed by atoms with Crippen LogP contribution in [-0.4, -0.2) is 30.6 Å². The van der Waals surface area contributed by atoms with E-state index in [1.807, 2.05) is 4.90 Å². The predicted molar refractivity (Wildman–Crippen MR) is 55.2 cm³/mol. The van der Waals surface area contributed by atoms with E-state index in [1.54, 1.807) is 12.2 Å². The van der Waals surface area contributed by atoms with Crippen LogP contribution in [0.25, 0.3) is 0 Å². The Morgan fingerprint density at radius 3 is 2.15 bits per heavy atom. The third-order valence-electron chi connectivity index (χ3n) is 1.44. The standard InChI is InChI=1S/C10H16N2O/c1-4-7-12(8-5-2)9-11-10(13)6-3/h4-6H,1-3,7-9H2,(H,11,13). The first-order valence-electron chi connectivity index (χ1n) is 4.09. The molecular weight excluding hydrogens is 164 g/mol. The van der Waals surface area contributed by atoms with Crippen molar-refractivity contribution < 1.29 is 4.79 Å². The lowest BCUT2D eigenvalue weighted by atomic mass is 10.4. The highest BCUT2D eigenvalue weighted by Gasteiger charge is 2.00. The summed E-state index contributed by atoms with van der Waals surface area (Å²) in [5.74, 6) is -0.168. The summed E-state index contributed by atoms with van der Waals surface area (Å²) in [7, 11) is 0. The number of hydrogen-bond acceptors (Lipinski definition) is 2. The van der Waals surface area contributed by atoms with Crippen molar-refractivity contribution >= 4 is 5.91 Å². The molecule has 3 heteroatoms. The second-order valence-corrected chi connectivity index (χ2v) is 2.52. The van der Waals surface area contributed by atoms with Gasteiger partial charge in [-0.25, -0.2) is 0 Å². The number of hydrogen-bond donors (Lipinski definition) is 1. The van der Waals surface area contributed by atoms with Crippen molar-refractivity contribution in [2.24, 2.45) is 0 Å². The van der Waals surface area contributed by atoms with E-state index < -0.39 is 0 Å². The summed E-state index contributed by atoms with van der Waals surface area (Å²) in [6.45, 7) is 12.5. The van der Waals surface area contributed by atoms with Crippen LogP contribution in [0.2, 0.25) is 0 Å². The van der Waals surface area contributed by atoms with Crippen LogP contribution in [0.5, 0.6) is 0 Å². The molecule has 1 amide bonds. The van der Waals surface area contributed by atoms with E-state index in [-0.39, 0.29) is 5.91 Å². The molecule has 0 fully saturated rings. The van der Waals surface area contributed by atoms with E-state index >= 15 is 0 Å². The van der Waals surface area contributed by atoms with Crippen molar-refractivity contribution in [1.82, 2.24) is 10.2 Å². The summed E-state index contributed by atoms with van der Waals surface area (Å²) in [6.07, 6.45) is 4.81. The van der Waals surface area contributed by atoms with Gasteiger partial charge in [0.15, 0.2) is 0 Å². The Hall–Kier alpha value is -1.35. The number of amides is 1. The normalized spacial score (nSPS) is 9.31. The van der Waals surface area contributed by atoms with Gasteiger partial charge in [-0.15, -0.1) is 13.2 Å². The molecule has 13 heavy (non-hydrogen) atoms. The zero-order chi connectivity index (χ0) is 10.1. The number of nitrogens with one attached hydrogen (secondary N) is 1. The van der Waals surface area contributed by atoms with Crippen LogP contribution in [0.15, 0.2) is 38.0 Å². The minimum Gasteiger partial charge on any atom is -0.340 e. The van der Waals surface area contributed by atoms with Crippen LogP contribution >= 0.6 is 0 Å². The molecule has 72 valence electrons. The summed E-state index contributed by atoms with van der Waals surface area (Å²) in [5, 5.41) is 2.68. The highest BCUT2D eigenvalue weighted by molar-refractivity contribution is 5.86. The molecule has 0 atom stereocenters. The first-order valence-corrected chi connectivity index (χ1v) is 4.09. The molecule has 0 aromatic heterocycles. The van der Waals surface area contributed by atoms with E-state index in [2.05, 4.69) is 25.1 Å². The van der Waals surface area contributed by atoms with E-state index in [0.717, 1.165) is 13.1 Å². The Bertz CT molecular complexity index is 189. The summed E-state index contributed by atoms with van der Waals surface area (Å²) >= 11 is 0. The molecule has 0 aliphatic heterocycles. The van der Waals surface area contributed by atoms with Crippen molar-refractivity contribution in [3.63, 3.8) is 0 Å². The van der Waals surface area contributed by atoms with Crippen LogP contribution < -0.4 is 5.32 Å². The van der Waals surface area contributed by atoms with Crippen LogP contribution in [0.3, 0.4) is 0 Å². The SMILES string of the molecule is C=CCN(CC=C)CNC(=O)C=C. The smallest absolute Gasteiger partial charge is 0.244 e. The van der Waals surface area contributed by atoms with Crippen LogP contribution in [0.1, 0.15) is 0 Å². The monoisotopic (exact) mass is 180 g/mol. The Morgan fingerprint density at radius 1 is 1.23 bits per heavy atom. The third kappa shape index (κ3) is 5.87. The topological polar surface area (TPSA) is 32.3 Å². The fourth-order valence-corrected chi connectivity index (χ4v) is 0.831. The molecule has 0 saturated carbocycles. The van der Waals surface area contributed by atoms with E-state index in [1.165, 1.54) is 6.08 Å². The van der Waals surface area contributed by atoms with Gasteiger partial charge in [0.2, 0.25) is 5.91 Å². The average Bonchev–Trinajstić information content (AvgIpc) is 2.14. The minimum absolute atomic E-state index is 0.168. The van der Waals surface area contributed by atoms with Crippen molar-refractivity contribution in [2.75, 3.05) is 19.8 Å². The van der Waals surface area contributed by atoms with Crippen LogP contribution in [0.4, 0.5) is 0 Å². The fraction of sp³-hybridized carbons (Fsp3) is 0.300. The molecule has 0 radical (unpaired) electrons. The third-order valence-corrected chi connectivity index (χ3v) is 1.44. The van der Waals surface area contributed by atoms with Crippen LogP contribution in [0, 0.1) is 0 Å². The molecule has 0 heterocycles. The Labute approximate surface area is 79.4 Å². The average molecular weight is 180 g/mol. The van der Waals surface area contributed by atoms with Gasteiger partial charge in [-0.2, -0.15) is 0 Å². The molecule has 1 N–H and O–H groups in total. The van der Waals surface area contributed by atoms with Crippen LogP contribution in [-0.2, 0) is 4.79 Å². The molecule has 0 aromatic rings. The van der Waals surface area contributed by atoms with E-state index in [9.17, 15) is 4.79 Å². The molecule has 0 spiro atoms. The maximum absolute atomic E-state index is 10.8. The van der Waals surface area contributed by atoms with Crippen molar-refractivity contribution in [3.05, 3.63) is 38.0 Å². The van der Waals surface area contributed by atoms with E-state index in [0.29, 0.717) is 6.67 Å². The number of rotatable bonds is 7. The van der Waals surface area contributed by atoms with Gasteiger partial charge < -0.3 is 5.32 Å². The van der Waals surface area contributed by atoms with Gasteiger partial charge >= 0.3 is 0 Å². The minimum atomic E-state index is -0.168. The van der Waals surface area contributed by atoms with Gasteiger partial charge in [0.1, 0.15) is 0 Å². The molecule has 0 saturated heterocycles. The van der Waals surface area contributed by atoms with Gasteiger partial charge in [0.05, 0.1) is 6.67 Å². The zero-order valence-corrected chi connectivity index (χ0v) is 7.83. The van der Waals surface area contributed by atoms with E-state index in [4.69, 9.17) is 0 Å². The highest BCUT2D eigenvalue weighted by atomic mass is 16.1. The summed E-state index contributed by atoms with van der Waals surface area (Å²) in [5.41, 5.74) is 0. The maximum atomic E-state index is 10.8. The summed E-state index contributed by atoms with van der Waals surface area (Å²) in [6, 6.07) is 0. The van der Waals surface area contributed by atoms with Gasteiger partial charge in [0.25, 0.3) is 0 Å². The Kier molecular flexibility index (Phi) is 6.55. The molecular formula is C10H16N2O. The maximum Gasteiger partial charge on any atom is 0.244 e. The second kappa shape index (κ2) is 7.31. The zero-order valence-electron chi connectivity index (χ0n) is 7.83. The van der Waals surface area contributed by atoms with Gasteiger partial charge in [-0.3, -0.25) is 9.69 Å². The van der Waals surface area contributed by atoms with Gasteiger partial charge in [0, 0.05) is 13.1 Å². The fourth-order valence-electron chi connectivity index (χ4n) is 0.831. The molecule has 0 bridgehead atoms. The Morgan fingerprint density at radius 2 is 1.77 bits per heavy atom. The first-order chi connectivity index (χ1) is 6.24. The quantitative estimate of drug-likeness (QED) is 0.359. The molecule has 0 aromatic carbocycles. The number of carbonyl (C=O) groups excluding carboxylic acids is 1. The number of nitrogens with zero attached hydrogens (tertiary/aromatic N) is 1. The van der Waals surface area contributed by atoms with Gasteiger partial charge in [-0.05, 0) is 6.08 Å². The number of carbonyl (C=O) groups is 1. The molecule has 0 aliphatic carbocycles. The largest absolute Gasteiger partial charge is 0.340 e. The highest BCUT2D eigenvalue weighted by Crippen LogP contribution is 1.86. The van der Waals surface area contributed by atoms with Crippen molar-refractivity contribution in [2.45, 2.75) is 0 Å². The van der Waals surface area contributed by atoms with Gasteiger partial charge in [-0.1, -0.05) is 18.7 Å². The lowest BCUT2D eigenvalue weighted by Gasteiger charge is -2.18. The van der Waals surface area contributed by atoms with Crippen molar-refractivity contribution in [1.29, 1.82) is 0 Å². The Balaban J connectivity index is 3.79. The molecule has 0 aliphatic rings. The second-order valence-electron chi connectivity index (χ2n) is 2.52. The predicted octanol–water partition coefficient (Wildman–Crippen LogP) is 0.920. The summed E-state index contributed by atoms with van der Waals surface area (Å²) < 4.78 is 0. The van der Waals surface area contributed by atoms with Crippen molar-refractivity contribution in [3.8, 4) is 0 Å². The lowest BCUT2D eigenvalue weighted by molar-refractivity contribution is -0.117. The molecule has 0 unspecified atom stereocenters. The lowest BCUT2D eigenvalue weighted by Crippen LogP contribution is -2.37. The molecule has 0 rings (SSSR count). The first kappa shape index (κ1) is 11.6.